The first-order valence-electron chi connectivity index (χ1n) is 5.95. The van der Waals surface area contributed by atoms with Crippen LogP contribution in [0.1, 0.15) is 39.5 Å². The first-order chi connectivity index (χ1) is 7.58. The Morgan fingerprint density at radius 2 is 2.31 bits per heavy atom. The number of carbonyl (C=O) groups is 1. The van der Waals surface area contributed by atoms with E-state index in [4.69, 9.17) is 4.74 Å². The average molecular weight is 224 g/mol. The lowest BCUT2D eigenvalue weighted by Crippen LogP contribution is -2.35. The third kappa shape index (κ3) is 3.87. The second-order valence-corrected chi connectivity index (χ2v) is 4.84. The Labute approximate surface area is 98.2 Å². The van der Waals surface area contributed by atoms with Crippen molar-refractivity contribution in [1.29, 1.82) is 0 Å². The van der Waals surface area contributed by atoms with E-state index in [1.165, 1.54) is 0 Å². The van der Waals surface area contributed by atoms with E-state index in [9.17, 15) is 4.79 Å². The van der Waals surface area contributed by atoms with Gasteiger partial charge in [-0.25, -0.2) is 4.79 Å². The van der Waals surface area contributed by atoms with E-state index < -0.39 is 0 Å². The van der Waals surface area contributed by atoms with Crippen LogP contribution >= 0.6 is 0 Å². The molecule has 1 aliphatic rings. The van der Waals surface area contributed by atoms with Crippen LogP contribution in [-0.2, 0) is 4.74 Å². The molecule has 0 heterocycles. The summed E-state index contributed by atoms with van der Waals surface area (Å²) in [6.45, 7) is 8.28. The normalized spacial score (nSPS) is 24.5. The topological polar surface area (TPSA) is 38.3 Å². The van der Waals surface area contributed by atoms with Crippen LogP contribution in [0.2, 0.25) is 0 Å². The van der Waals surface area contributed by atoms with Gasteiger partial charge in [-0.05, 0) is 39.5 Å². The zero-order valence-corrected chi connectivity index (χ0v) is 10.3. The lowest BCUT2D eigenvalue weighted by molar-refractivity contribution is 0.0744. The van der Waals surface area contributed by atoms with Crippen molar-refractivity contribution in [3.8, 4) is 0 Å². The molecule has 0 aliphatic heterocycles. The van der Waals surface area contributed by atoms with E-state index in [1.54, 1.807) is 0 Å². The van der Waals surface area contributed by atoms with Crippen LogP contribution in [0.25, 0.3) is 0 Å². The zero-order chi connectivity index (χ0) is 12.0. The first kappa shape index (κ1) is 13.1. The summed E-state index contributed by atoms with van der Waals surface area (Å²) in [4.78, 5) is 11.4. The maximum absolute atomic E-state index is 11.4. The second kappa shape index (κ2) is 5.92. The molecule has 0 spiro atoms. The summed E-state index contributed by atoms with van der Waals surface area (Å²) < 4.78 is 5.26. The van der Waals surface area contributed by atoms with Crippen molar-refractivity contribution in [3.05, 3.63) is 19.1 Å². The molecule has 1 unspecified atom stereocenters. The number of hydrogen-bond acceptors (Lipinski definition) is 2. The van der Waals surface area contributed by atoms with Crippen LogP contribution in [0.5, 0.6) is 0 Å². The molecular formula is C13H22NO2. The van der Waals surface area contributed by atoms with E-state index >= 15 is 0 Å². The van der Waals surface area contributed by atoms with Crippen molar-refractivity contribution in [2.45, 2.75) is 45.6 Å². The van der Waals surface area contributed by atoms with Gasteiger partial charge in [-0.15, -0.1) is 0 Å². The summed E-state index contributed by atoms with van der Waals surface area (Å²) >= 11 is 0. The molecule has 1 rings (SSSR count). The maximum atomic E-state index is 11.4. The Bertz CT molecular complexity index is 261. The van der Waals surface area contributed by atoms with E-state index in [2.05, 4.69) is 24.4 Å². The Balaban J connectivity index is 2.39. The number of hydrogen-bond donors (Lipinski definition) is 1. The van der Waals surface area contributed by atoms with Crippen molar-refractivity contribution in [2.75, 3.05) is 6.61 Å². The van der Waals surface area contributed by atoms with Crippen molar-refractivity contribution in [3.63, 3.8) is 0 Å². The second-order valence-electron chi connectivity index (χ2n) is 4.84. The fourth-order valence-corrected chi connectivity index (χ4v) is 1.87. The van der Waals surface area contributed by atoms with Gasteiger partial charge in [0.1, 0.15) is 0 Å². The first-order valence-corrected chi connectivity index (χ1v) is 5.95. The highest BCUT2D eigenvalue weighted by molar-refractivity contribution is 5.67. The van der Waals surface area contributed by atoms with Gasteiger partial charge in [-0.2, -0.15) is 0 Å². The lowest BCUT2D eigenvalue weighted by Gasteiger charge is -2.33. The number of nitrogens with one attached hydrogen (secondary N) is 1. The quantitative estimate of drug-likeness (QED) is 0.745. The third-order valence-corrected chi connectivity index (χ3v) is 3.01. The molecule has 0 saturated heterocycles. The summed E-state index contributed by atoms with van der Waals surface area (Å²) in [5.74, 6) is 0. The minimum atomic E-state index is -0.322. The molecular weight excluding hydrogens is 202 g/mol. The zero-order valence-electron chi connectivity index (χ0n) is 10.3. The van der Waals surface area contributed by atoms with Crippen molar-refractivity contribution >= 4 is 6.09 Å². The standard InChI is InChI=1S/C13H22NO2/c1-4-13(8-6-5-7-9-13)10-16-12(15)14-11(2)3/h5-6,11H,1,4,7-10H2,2-3H3,(H,14,15). The van der Waals surface area contributed by atoms with Gasteiger partial charge in [-0.3, -0.25) is 0 Å². The van der Waals surface area contributed by atoms with Gasteiger partial charge < -0.3 is 10.1 Å². The molecule has 16 heavy (non-hydrogen) atoms. The van der Waals surface area contributed by atoms with E-state index in [-0.39, 0.29) is 17.6 Å². The van der Waals surface area contributed by atoms with E-state index in [0.717, 1.165) is 25.7 Å². The van der Waals surface area contributed by atoms with E-state index in [0.29, 0.717) is 6.61 Å². The van der Waals surface area contributed by atoms with Gasteiger partial charge in [-0.1, -0.05) is 19.1 Å². The smallest absolute Gasteiger partial charge is 0.407 e. The summed E-state index contributed by atoms with van der Waals surface area (Å²) in [5, 5.41) is 2.72. The molecule has 3 heteroatoms. The number of allylic oxidation sites excluding steroid dienone is 2. The number of carbonyl (C=O) groups excluding carboxylic acids is 1. The molecule has 3 nitrogen and oxygen atoms in total. The summed E-state index contributed by atoms with van der Waals surface area (Å²) in [5.41, 5.74) is 0.0586. The highest BCUT2D eigenvalue weighted by Gasteiger charge is 2.29. The minimum absolute atomic E-state index is 0.0586. The molecule has 0 aromatic carbocycles. The Morgan fingerprint density at radius 1 is 1.56 bits per heavy atom. The van der Waals surface area contributed by atoms with Crippen molar-refractivity contribution in [1.82, 2.24) is 5.32 Å². The van der Waals surface area contributed by atoms with Crippen LogP contribution < -0.4 is 5.32 Å². The number of alkyl carbamates (subject to hydrolysis) is 1. The van der Waals surface area contributed by atoms with Gasteiger partial charge in [0.2, 0.25) is 0 Å². The predicted molar refractivity (Wildman–Crippen MR) is 65.0 cm³/mol. The number of rotatable bonds is 4. The largest absolute Gasteiger partial charge is 0.449 e. The van der Waals surface area contributed by atoms with Gasteiger partial charge in [0.15, 0.2) is 0 Å². The Hall–Kier alpha value is -0.990. The highest BCUT2D eigenvalue weighted by atomic mass is 16.5. The highest BCUT2D eigenvalue weighted by Crippen LogP contribution is 2.36. The number of ether oxygens (including phenoxy) is 1. The van der Waals surface area contributed by atoms with Crippen LogP contribution in [0.15, 0.2) is 12.2 Å². The molecule has 0 aromatic rings. The van der Waals surface area contributed by atoms with Gasteiger partial charge in [0.25, 0.3) is 0 Å². The number of amides is 1. The predicted octanol–water partition coefficient (Wildman–Crippen LogP) is 3.07. The Morgan fingerprint density at radius 3 is 2.81 bits per heavy atom. The summed E-state index contributed by atoms with van der Waals surface area (Å²) in [6, 6.07) is 0.120. The third-order valence-electron chi connectivity index (χ3n) is 3.01. The van der Waals surface area contributed by atoms with Crippen molar-refractivity contribution < 1.29 is 9.53 Å². The van der Waals surface area contributed by atoms with Crippen LogP contribution in [-0.4, -0.2) is 18.7 Å². The monoisotopic (exact) mass is 224 g/mol. The fourth-order valence-electron chi connectivity index (χ4n) is 1.87. The summed E-state index contributed by atoms with van der Waals surface area (Å²) in [6.07, 6.45) is 7.92. The molecule has 91 valence electrons. The molecule has 1 N–H and O–H groups in total. The molecule has 1 aliphatic carbocycles. The van der Waals surface area contributed by atoms with Gasteiger partial charge in [0, 0.05) is 11.5 Å². The van der Waals surface area contributed by atoms with Crippen LogP contribution in [0, 0.1) is 12.3 Å². The van der Waals surface area contributed by atoms with Gasteiger partial charge in [0.05, 0.1) is 6.61 Å². The van der Waals surface area contributed by atoms with Crippen LogP contribution in [0.3, 0.4) is 0 Å². The SMILES string of the molecule is [CH2]CC1(COC(=O)NC(C)C)CC=CCC1. The van der Waals surface area contributed by atoms with Gasteiger partial charge >= 0.3 is 6.09 Å². The molecule has 1 radical (unpaired) electrons. The lowest BCUT2D eigenvalue weighted by atomic mass is 9.76. The minimum Gasteiger partial charge on any atom is -0.449 e. The van der Waals surface area contributed by atoms with Crippen LogP contribution in [0.4, 0.5) is 4.79 Å². The van der Waals surface area contributed by atoms with E-state index in [1.807, 2.05) is 13.8 Å². The molecule has 0 bridgehead atoms. The fraction of sp³-hybridized carbons (Fsp3) is 0.692. The molecule has 1 atom stereocenters. The molecule has 1 amide bonds. The average Bonchev–Trinajstić information content (AvgIpc) is 2.27. The maximum Gasteiger partial charge on any atom is 0.407 e. The molecule has 0 aromatic heterocycles. The molecule has 0 fully saturated rings. The summed E-state index contributed by atoms with van der Waals surface area (Å²) in [7, 11) is 0. The Kier molecular flexibility index (Phi) is 4.84. The molecule has 0 saturated carbocycles. The van der Waals surface area contributed by atoms with Crippen molar-refractivity contribution in [2.24, 2.45) is 5.41 Å².